The first-order valence-electron chi connectivity index (χ1n) is 12.1. The smallest absolute Gasteiger partial charge is 0.165 e. The average Bonchev–Trinajstić information content (AvgIpc) is 3.45. The number of pyridine rings is 2. The van der Waals surface area contributed by atoms with Crippen LogP contribution in [-0.2, 0) is 6.42 Å². The summed E-state index contributed by atoms with van der Waals surface area (Å²) in [6.45, 7) is 6.44. The van der Waals surface area contributed by atoms with Crippen LogP contribution >= 0.6 is 0 Å². The Labute approximate surface area is 199 Å². The third-order valence-corrected chi connectivity index (χ3v) is 7.55. The van der Waals surface area contributed by atoms with E-state index in [0.717, 1.165) is 58.7 Å². The molecule has 1 N–H and O–H groups in total. The van der Waals surface area contributed by atoms with Gasteiger partial charge in [-0.25, -0.2) is 9.97 Å². The number of aryl methyl sites for hydroxylation is 1. The molecule has 0 atom stereocenters. The van der Waals surface area contributed by atoms with Crippen molar-refractivity contribution in [2.45, 2.75) is 32.6 Å². The van der Waals surface area contributed by atoms with E-state index < -0.39 is 0 Å². The predicted molar refractivity (Wildman–Crippen MR) is 133 cm³/mol. The van der Waals surface area contributed by atoms with Gasteiger partial charge in [-0.2, -0.15) is 5.10 Å². The van der Waals surface area contributed by atoms with Gasteiger partial charge >= 0.3 is 0 Å². The molecule has 8 nitrogen and oxygen atoms in total. The molecule has 0 unspecified atom stereocenters. The zero-order chi connectivity index (χ0) is 23.1. The van der Waals surface area contributed by atoms with Gasteiger partial charge in [0.25, 0.3) is 0 Å². The Hall–Kier alpha value is -3.39. The summed E-state index contributed by atoms with van der Waals surface area (Å²) in [5.41, 5.74) is 5.32. The van der Waals surface area contributed by atoms with Crippen LogP contribution in [0.2, 0.25) is 0 Å². The third kappa shape index (κ3) is 3.92. The Morgan fingerprint density at radius 1 is 1.09 bits per heavy atom. The van der Waals surface area contributed by atoms with Crippen molar-refractivity contribution in [2.75, 3.05) is 38.1 Å². The summed E-state index contributed by atoms with van der Waals surface area (Å²) in [7, 11) is 2.25. The van der Waals surface area contributed by atoms with Gasteiger partial charge in [-0.15, -0.1) is 0 Å². The summed E-state index contributed by atoms with van der Waals surface area (Å²) in [5.74, 6) is 1.72. The number of likely N-dealkylation sites (tertiary alicyclic amines) is 1. The molecule has 2 aliphatic rings. The van der Waals surface area contributed by atoms with Crippen LogP contribution in [0.4, 0.5) is 5.82 Å². The topological polar surface area (TPSA) is 86.7 Å². The summed E-state index contributed by atoms with van der Waals surface area (Å²) in [6, 6.07) is 6.22. The van der Waals surface area contributed by atoms with Crippen LogP contribution in [0.3, 0.4) is 0 Å². The molecular formula is C26H30N8. The van der Waals surface area contributed by atoms with E-state index in [0.29, 0.717) is 11.2 Å². The summed E-state index contributed by atoms with van der Waals surface area (Å²) < 4.78 is 0. The second-order valence-corrected chi connectivity index (χ2v) is 9.96. The number of rotatable bonds is 4. The van der Waals surface area contributed by atoms with Crippen molar-refractivity contribution in [3.63, 3.8) is 0 Å². The summed E-state index contributed by atoms with van der Waals surface area (Å²) in [5, 5.41) is 8.30. The summed E-state index contributed by atoms with van der Waals surface area (Å²) in [4.78, 5) is 23.9. The average molecular weight is 455 g/mol. The van der Waals surface area contributed by atoms with Crippen LogP contribution in [0.5, 0.6) is 0 Å². The lowest BCUT2D eigenvalue weighted by molar-refractivity contribution is 0.222. The van der Waals surface area contributed by atoms with Crippen molar-refractivity contribution in [3.05, 3.63) is 59.9 Å². The molecule has 174 valence electrons. The molecule has 0 amide bonds. The highest BCUT2D eigenvalue weighted by atomic mass is 15.2. The van der Waals surface area contributed by atoms with E-state index in [4.69, 9.17) is 15.0 Å². The molecule has 0 saturated carbocycles. The zero-order valence-corrected chi connectivity index (χ0v) is 19.8. The Bertz CT molecular complexity index is 1310. The van der Waals surface area contributed by atoms with Crippen LogP contribution < -0.4 is 4.90 Å². The molecule has 6 heterocycles. The second kappa shape index (κ2) is 8.43. The Morgan fingerprint density at radius 2 is 1.94 bits per heavy atom. The van der Waals surface area contributed by atoms with Crippen molar-refractivity contribution >= 4 is 16.7 Å². The molecule has 2 fully saturated rings. The molecule has 1 spiro atoms. The lowest BCUT2D eigenvalue weighted by Crippen LogP contribution is -2.41. The molecule has 4 aromatic rings. The minimum atomic E-state index is 0.463. The number of aromatic nitrogens is 6. The second-order valence-electron chi connectivity index (χ2n) is 9.96. The number of aromatic amines is 1. The molecule has 0 aromatic carbocycles. The van der Waals surface area contributed by atoms with Gasteiger partial charge in [0.15, 0.2) is 5.82 Å². The van der Waals surface area contributed by atoms with E-state index in [2.05, 4.69) is 44.2 Å². The normalized spacial score (nSPS) is 18.2. The number of piperidine rings is 1. The van der Waals surface area contributed by atoms with Crippen molar-refractivity contribution in [3.8, 4) is 11.4 Å². The van der Waals surface area contributed by atoms with Crippen LogP contribution in [0.25, 0.3) is 22.3 Å². The predicted octanol–water partition coefficient (Wildman–Crippen LogP) is 3.63. The van der Waals surface area contributed by atoms with Gasteiger partial charge in [-0.1, -0.05) is 6.07 Å². The molecule has 6 rings (SSSR count). The fraction of sp³-hybridized carbons (Fsp3) is 0.423. The minimum Gasteiger partial charge on any atom is -0.356 e. The van der Waals surface area contributed by atoms with Gasteiger partial charge in [-0.05, 0) is 62.9 Å². The number of anilines is 1. The fourth-order valence-electron chi connectivity index (χ4n) is 5.57. The molecule has 34 heavy (non-hydrogen) atoms. The van der Waals surface area contributed by atoms with E-state index >= 15 is 0 Å². The quantitative estimate of drug-likeness (QED) is 0.504. The highest BCUT2D eigenvalue weighted by Gasteiger charge is 2.39. The molecule has 4 aromatic heterocycles. The molecule has 0 radical (unpaired) electrons. The van der Waals surface area contributed by atoms with Gasteiger partial charge in [0.05, 0.1) is 23.0 Å². The van der Waals surface area contributed by atoms with E-state index in [9.17, 15) is 0 Å². The number of fused-ring (bicyclic) bond motifs is 1. The Morgan fingerprint density at radius 3 is 2.65 bits per heavy atom. The molecule has 2 saturated heterocycles. The van der Waals surface area contributed by atoms with Crippen molar-refractivity contribution in [1.29, 1.82) is 0 Å². The number of hydrogen-bond donors (Lipinski definition) is 1. The van der Waals surface area contributed by atoms with E-state index in [1.165, 1.54) is 32.4 Å². The van der Waals surface area contributed by atoms with Gasteiger partial charge in [0.2, 0.25) is 0 Å². The Kier molecular flexibility index (Phi) is 5.25. The van der Waals surface area contributed by atoms with Gasteiger partial charge in [0, 0.05) is 55.7 Å². The standard InChI is InChI=1S/C26H30N8/c1-18-22(15-29-32-18)24-30-23-16-28-20(12-19-4-3-8-27-14-19)13-21(23)25(31-24)34-10-6-26(7-11-34)5-9-33(2)17-26/h3-4,8,13-16H,5-7,9-12,17H2,1-2H3,(H,29,32). The molecule has 0 aliphatic carbocycles. The van der Waals surface area contributed by atoms with E-state index in [1.54, 1.807) is 6.20 Å². The molecule has 2 aliphatic heterocycles. The monoisotopic (exact) mass is 454 g/mol. The molecule has 8 heteroatoms. The number of nitrogens with one attached hydrogen (secondary N) is 1. The number of hydrogen-bond acceptors (Lipinski definition) is 7. The van der Waals surface area contributed by atoms with Gasteiger partial charge < -0.3 is 9.80 Å². The largest absolute Gasteiger partial charge is 0.356 e. The van der Waals surface area contributed by atoms with Crippen molar-refractivity contribution in [2.24, 2.45) is 5.41 Å². The van der Waals surface area contributed by atoms with Gasteiger partial charge in [-0.3, -0.25) is 15.1 Å². The van der Waals surface area contributed by atoms with Crippen molar-refractivity contribution < 1.29 is 0 Å². The highest BCUT2D eigenvalue weighted by molar-refractivity contribution is 5.91. The lowest BCUT2D eigenvalue weighted by Gasteiger charge is -2.40. The van der Waals surface area contributed by atoms with Crippen LogP contribution in [-0.4, -0.2) is 68.3 Å². The molecule has 0 bridgehead atoms. The first-order valence-corrected chi connectivity index (χ1v) is 12.1. The maximum absolute atomic E-state index is 5.11. The SMILES string of the molecule is Cc1n[nH]cc1-c1nc(N2CCC3(CCN(C)C3)CC2)c2cc(Cc3cccnc3)ncc2n1. The highest BCUT2D eigenvalue weighted by Crippen LogP contribution is 2.41. The number of nitrogens with zero attached hydrogens (tertiary/aromatic N) is 7. The maximum Gasteiger partial charge on any atom is 0.165 e. The van der Waals surface area contributed by atoms with Gasteiger partial charge in [0.1, 0.15) is 5.82 Å². The Balaban J connectivity index is 1.39. The first-order chi connectivity index (χ1) is 16.6. The third-order valence-electron chi connectivity index (χ3n) is 7.55. The van der Waals surface area contributed by atoms with E-state index in [-0.39, 0.29) is 0 Å². The first kappa shape index (κ1) is 21.2. The lowest BCUT2D eigenvalue weighted by atomic mass is 9.78. The molecular weight excluding hydrogens is 424 g/mol. The zero-order valence-electron chi connectivity index (χ0n) is 19.8. The van der Waals surface area contributed by atoms with Crippen LogP contribution in [0, 0.1) is 12.3 Å². The van der Waals surface area contributed by atoms with Crippen molar-refractivity contribution in [1.82, 2.24) is 35.0 Å². The number of H-pyrrole nitrogens is 1. The van der Waals surface area contributed by atoms with Crippen LogP contribution in [0.15, 0.2) is 43.0 Å². The van der Waals surface area contributed by atoms with E-state index in [1.807, 2.05) is 31.6 Å². The summed E-state index contributed by atoms with van der Waals surface area (Å²) >= 11 is 0. The summed E-state index contributed by atoms with van der Waals surface area (Å²) in [6.07, 6.45) is 11.9. The fourth-order valence-corrected chi connectivity index (χ4v) is 5.57. The minimum absolute atomic E-state index is 0.463. The maximum atomic E-state index is 5.11. The van der Waals surface area contributed by atoms with Crippen LogP contribution in [0.1, 0.15) is 36.2 Å².